The number of carboxylic acid groups (broad SMARTS) is 1. The van der Waals surface area contributed by atoms with Gasteiger partial charge in [-0.1, -0.05) is 61.5 Å². The van der Waals surface area contributed by atoms with Crippen LogP contribution >= 0.6 is 39.5 Å². The fraction of sp³-hybridized carbons (Fsp3) is 0.360. The molecule has 1 N–H and O–H groups in total. The molecule has 0 spiro atoms. The van der Waals surface area contributed by atoms with Crippen molar-refractivity contribution in [1.29, 1.82) is 0 Å². The lowest BCUT2D eigenvalue weighted by Crippen LogP contribution is -2.18. The van der Waals surface area contributed by atoms with Gasteiger partial charge in [-0.25, -0.2) is 4.79 Å². The quantitative estimate of drug-likeness (QED) is 0.147. The highest BCUT2D eigenvalue weighted by atomic mass is 79.9. The number of halogens is 1. The highest BCUT2D eigenvalue weighted by Crippen LogP contribution is 2.47. The van der Waals surface area contributed by atoms with Gasteiger partial charge in [0.05, 0.1) is 9.19 Å². The van der Waals surface area contributed by atoms with Crippen molar-refractivity contribution in [1.82, 2.24) is 4.57 Å². The predicted molar refractivity (Wildman–Crippen MR) is 145 cm³/mol. The van der Waals surface area contributed by atoms with Gasteiger partial charge < -0.3 is 14.5 Å². The van der Waals surface area contributed by atoms with E-state index in [1.165, 1.54) is 18.1 Å². The summed E-state index contributed by atoms with van der Waals surface area (Å²) in [4.78, 5) is 16.7. The topological polar surface area (TPSA) is 63.8 Å². The number of hydrogen-bond acceptors (Lipinski definition) is 5. The van der Waals surface area contributed by atoms with Gasteiger partial charge in [-0.3, -0.25) is 0 Å². The zero-order valence-electron chi connectivity index (χ0n) is 19.1. The van der Waals surface area contributed by atoms with E-state index in [-0.39, 0.29) is 5.71 Å². The molecule has 0 aliphatic rings. The van der Waals surface area contributed by atoms with Gasteiger partial charge in [0.1, 0.15) is 7.11 Å². The Morgan fingerprint density at radius 2 is 1.73 bits per heavy atom. The molecule has 0 bridgehead atoms. The van der Waals surface area contributed by atoms with Gasteiger partial charge in [0.25, 0.3) is 0 Å². The second kappa shape index (κ2) is 12.5. The Balaban J connectivity index is 2.12. The molecule has 2 aromatic carbocycles. The number of fused-ring (bicyclic) bond motifs is 1. The van der Waals surface area contributed by atoms with E-state index in [4.69, 9.17) is 4.84 Å². The lowest BCUT2D eigenvalue weighted by Gasteiger charge is -2.17. The molecule has 3 rings (SSSR count). The van der Waals surface area contributed by atoms with Crippen LogP contribution in [0.15, 0.2) is 58.3 Å². The largest absolute Gasteiger partial charge is 0.476 e. The van der Waals surface area contributed by atoms with Crippen LogP contribution < -0.4 is 0 Å². The van der Waals surface area contributed by atoms with Crippen LogP contribution in [0, 0.1) is 0 Å². The Bertz CT molecular complexity index is 1120. The van der Waals surface area contributed by atoms with Gasteiger partial charge in [0, 0.05) is 28.6 Å². The van der Waals surface area contributed by atoms with Crippen molar-refractivity contribution in [3.8, 4) is 0 Å². The van der Waals surface area contributed by atoms with Crippen LogP contribution in [0.4, 0.5) is 0 Å². The summed E-state index contributed by atoms with van der Waals surface area (Å²) in [6.45, 7) is 4.94. The Labute approximate surface area is 212 Å². The second-order valence-electron chi connectivity index (χ2n) is 7.47. The predicted octanol–water partition coefficient (Wildman–Crippen LogP) is 7.17. The van der Waals surface area contributed by atoms with Crippen LogP contribution in [-0.4, -0.2) is 40.0 Å². The minimum Gasteiger partial charge on any atom is -0.476 e. The molecular weight excluding hydrogens is 520 g/mol. The van der Waals surface area contributed by atoms with Gasteiger partial charge in [-0.15, -0.1) is 23.5 Å². The number of benzene rings is 2. The fourth-order valence-electron chi connectivity index (χ4n) is 3.70. The lowest BCUT2D eigenvalue weighted by molar-refractivity contribution is -0.129. The molecule has 0 atom stereocenters. The maximum absolute atomic E-state index is 11.8. The summed E-state index contributed by atoms with van der Waals surface area (Å²) in [6.07, 6.45) is 2.27. The summed E-state index contributed by atoms with van der Waals surface area (Å²) in [6, 6.07) is 15.9. The molecule has 0 aliphatic carbocycles. The summed E-state index contributed by atoms with van der Waals surface area (Å²) in [5, 5.41) is 14.7. The summed E-state index contributed by atoms with van der Waals surface area (Å²) >= 11 is 7.90. The number of para-hydroxylation sites is 1. The molecule has 33 heavy (non-hydrogen) atoms. The molecule has 3 aromatic rings. The van der Waals surface area contributed by atoms with Crippen molar-refractivity contribution >= 4 is 62.0 Å². The number of hydrogen-bond donors (Lipinski definition) is 1. The molecule has 0 amide bonds. The first-order chi connectivity index (χ1) is 16.0. The number of oxime groups is 1. The number of nitrogens with zero attached hydrogens (tertiary/aromatic N) is 2. The normalized spacial score (nSPS) is 12.0. The SMILES string of the molecule is CCCSC(SCCC)c1c(Br)n(Cc2ccccc2C(=NOC)C(=O)O)c2ccccc12. The van der Waals surface area contributed by atoms with Crippen molar-refractivity contribution < 1.29 is 14.7 Å². The zero-order valence-corrected chi connectivity index (χ0v) is 22.3. The van der Waals surface area contributed by atoms with Crippen molar-refractivity contribution in [3.63, 3.8) is 0 Å². The van der Waals surface area contributed by atoms with E-state index in [1.54, 1.807) is 6.07 Å². The second-order valence-corrected chi connectivity index (χ2v) is 10.9. The number of rotatable bonds is 12. The van der Waals surface area contributed by atoms with E-state index in [2.05, 4.69) is 57.7 Å². The number of aromatic nitrogens is 1. The summed E-state index contributed by atoms with van der Waals surface area (Å²) in [5.74, 6) is 1.09. The highest BCUT2D eigenvalue weighted by Gasteiger charge is 2.25. The Kier molecular flexibility index (Phi) is 9.77. The van der Waals surface area contributed by atoms with Crippen LogP contribution in [0.1, 0.15) is 48.0 Å². The average molecular weight is 550 g/mol. The fourth-order valence-corrected chi connectivity index (χ4v) is 7.43. The van der Waals surface area contributed by atoms with Crippen LogP contribution in [-0.2, 0) is 16.2 Å². The Morgan fingerprint density at radius 3 is 2.36 bits per heavy atom. The van der Waals surface area contributed by atoms with Gasteiger partial charge in [0.15, 0.2) is 5.71 Å². The molecule has 5 nitrogen and oxygen atoms in total. The maximum atomic E-state index is 11.8. The van der Waals surface area contributed by atoms with Gasteiger partial charge in [-0.2, -0.15) is 0 Å². The number of aliphatic carboxylic acids is 1. The summed E-state index contributed by atoms with van der Waals surface area (Å²) < 4.78 is 3.59. The Morgan fingerprint density at radius 1 is 1.09 bits per heavy atom. The molecule has 176 valence electrons. The summed E-state index contributed by atoms with van der Waals surface area (Å²) in [7, 11) is 1.36. The molecule has 1 aromatic heterocycles. The van der Waals surface area contributed by atoms with Crippen LogP contribution in [0.5, 0.6) is 0 Å². The molecule has 0 radical (unpaired) electrons. The van der Waals surface area contributed by atoms with Crippen LogP contribution in [0.3, 0.4) is 0 Å². The molecule has 0 saturated carbocycles. The molecule has 8 heteroatoms. The first kappa shape index (κ1) is 25.7. The van der Waals surface area contributed by atoms with Crippen molar-refractivity contribution in [2.24, 2.45) is 5.16 Å². The molecular formula is C25H29BrN2O3S2. The number of carboxylic acids is 1. The lowest BCUT2D eigenvalue weighted by atomic mass is 10.0. The van der Waals surface area contributed by atoms with E-state index < -0.39 is 5.97 Å². The number of thioether (sulfide) groups is 2. The third-order valence-electron chi connectivity index (χ3n) is 5.11. The van der Waals surface area contributed by atoms with E-state index in [0.29, 0.717) is 16.7 Å². The van der Waals surface area contributed by atoms with Crippen LogP contribution in [0.2, 0.25) is 0 Å². The highest BCUT2D eigenvalue weighted by molar-refractivity contribution is 9.10. The van der Waals surface area contributed by atoms with E-state index in [9.17, 15) is 9.90 Å². The molecule has 0 unspecified atom stereocenters. The number of carbonyl (C=O) groups is 1. The third-order valence-corrected chi connectivity index (χ3v) is 9.15. The average Bonchev–Trinajstić information content (AvgIpc) is 3.09. The maximum Gasteiger partial charge on any atom is 0.358 e. The van der Waals surface area contributed by atoms with E-state index >= 15 is 0 Å². The first-order valence-electron chi connectivity index (χ1n) is 11.0. The first-order valence-corrected chi connectivity index (χ1v) is 13.8. The van der Waals surface area contributed by atoms with E-state index in [1.807, 2.05) is 47.8 Å². The zero-order chi connectivity index (χ0) is 23.8. The molecule has 0 saturated heterocycles. The van der Waals surface area contributed by atoms with Gasteiger partial charge >= 0.3 is 5.97 Å². The van der Waals surface area contributed by atoms with Crippen LogP contribution in [0.25, 0.3) is 10.9 Å². The Hall–Kier alpha value is -1.90. The van der Waals surface area contributed by atoms with Gasteiger partial charge in [-0.05, 0) is 51.9 Å². The van der Waals surface area contributed by atoms with E-state index in [0.717, 1.165) is 40.0 Å². The standard InChI is InChI=1S/C25H29BrN2O3S2/c1-4-14-32-25(33-15-5-2)21-19-12-8-9-13-20(19)28(23(21)26)16-17-10-6-7-11-18(17)22(24(29)30)27-31-3/h6-13,25H,4-5,14-16H2,1-3H3,(H,29,30). The third kappa shape index (κ3) is 5.97. The van der Waals surface area contributed by atoms with Crippen molar-refractivity contribution in [3.05, 3.63) is 69.8 Å². The monoisotopic (exact) mass is 548 g/mol. The van der Waals surface area contributed by atoms with Crippen molar-refractivity contribution in [2.45, 2.75) is 37.8 Å². The molecule has 0 fully saturated rings. The minimum absolute atomic E-state index is 0.101. The minimum atomic E-state index is -1.12. The van der Waals surface area contributed by atoms with Gasteiger partial charge in [0.2, 0.25) is 0 Å². The summed E-state index contributed by atoms with van der Waals surface area (Å²) in [5.41, 5.74) is 3.73. The smallest absolute Gasteiger partial charge is 0.358 e. The molecule has 1 heterocycles. The molecule has 0 aliphatic heterocycles. The van der Waals surface area contributed by atoms with Crippen molar-refractivity contribution in [2.75, 3.05) is 18.6 Å².